The van der Waals surface area contributed by atoms with Crippen molar-refractivity contribution in [3.8, 4) is 5.75 Å². The number of nitrogens with zero attached hydrogens (tertiary/aromatic N) is 2. The molecule has 1 amide bonds. The van der Waals surface area contributed by atoms with Crippen molar-refractivity contribution in [3.63, 3.8) is 0 Å². The normalized spacial score (nSPS) is 13.4. The summed E-state index contributed by atoms with van der Waals surface area (Å²) in [5.74, 6) is 0.228. The monoisotopic (exact) mass is 428 g/mol. The molecule has 0 saturated carbocycles. The van der Waals surface area contributed by atoms with E-state index in [1.807, 2.05) is 11.8 Å². The molecule has 30 heavy (non-hydrogen) atoms. The number of anilines is 2. The second-order valence-corrected chi connectivity index (χ2v) is 7.28. The van der Waals surface area contributed by atoms with Gasteiger partial charge in [0.2, 0.25) is 0 Å². The number of amides is 1. The summed E-state index contributed by atoms with van der Waals surface area (Å²) in [5, 5.41) is 17.2. The van der Waals surface area contributed by atoms with E-state index in [4.69, 9.17) is 17.0 Å². The van der Waals surface area contributed by atoms with Gasteiger partial charge in [0.25, 0.3) is 11.6 Å². The number of hydrogen-bond acceptors (Lipinski definition) is 6. The van der Waals surface area contributed by atoms with Crippen molar-refractivity contribution in [1.82, 2.24) is 5.32 Å². The molecule has 1 heterocycles. The molecule has 1 aliphatic heterocycles. The molecule has 1 aliphatic rings. The lowest BCUT2D eigenvalue weighted by atomic mass is 10.1. The zero-order valence-corrected chi connectivity index (χ0v) is 17.5. The average molecular weight is 429 g/mol. The van der Waals surface area contributed by atoms with Crippen LogP contribution in [0.5, 0.6) is 5.75 Å². The molecule has 1 saturated heterocycles. The molecule has 0 aromatic heterocycles. The third-order valence-electron chi connectivity index (χ3n) is 4.78. The number of hydrogen-bond donors (Lipinski definition) is 2. The molecule has 3 rings (SSSR count). The summed E-state index contributed by atoms with van der Waals surface area (Å²) < 4.78 is 5.38. The van der Waals surface area contributed by atoms with E-state index in [1.54, 1.807) is 36.4 Å². The Balaban J connectivity index is 1.67. The molecule has 2 aromatic rings. The number of ether oxygens (including phenoxy) is 1. The number of nitro benzene ring substituents is 1. The number of thiocarbonyl (C=S) groups is 1. The van der Waals surface area contributed by atoms with Crippen molar-refractivity contribution >= 4 is 40.3 Å². The fraction of sp³-hybridized carbons (Fsp3) is 0.333. The Kier molecular flexibility index (Phi) is 7.18. The maximum atomic E-state index is 12.6. The first-order chi connectivity index (χ1) is 14.5. The van der Waals surface area contributed by atoms with E-state index in [-0.39, 0.29) is 16.4 Å². The molecular weight excluding hydrogens is 404 g/mol. The quantitative estimate of drug-likeness (QED) is 0.406. The Bertz CT molecular complexity index is 927. The summed E-state index contributed by atoms with van der Waals surface area (Å²) in [7, 11) is 0. The standard InChI is InChI=1S/C21H24N4O4S/c1-2-29-17-9-7-16(8-10-17)22-21(30)23-20(26)15-6-11-18(19(14-15)25(27)28)24-12-4-3-5-13-24/h6-11,14H,2-5,12-13H2,1H3,(H2,22,23,26,30). The van der Waals surface area contributed by atoms with Crippen LogP contribution in [0.25, 0.3) is 0 Å². The van der Waals surface area contributed by atoms with E-state index < -0.39 is 10.8 Å². The summed E-state index contributed by atoms with van der Waals surface area (Å²) in [6.45, 7) is 4.04. The van der Waals surface area contributed by atoms with Gasteiger partial charge in [-0.15, -0.1) is 0 Å². The molecule has 0 aliphatic carbocycles. The zero-order valence-electron chi connectivity index (χ0n) is 16.7. The Labute approximate surface area is 180 Å². The van der Waals surface area contributed by atoms with Crippen LogP contribution in [0.15, 0.2) is 42.5 Å². The number of benzene rings is 2. The number of nitrogens with one attached hydrogen (secondary N) is 2. The lowest BCUT2D eigenvalue weighted by Gasteiger charge is -2.28. The molecular formula is C21H24N4O4S. The highest BCUT2D eigenvalue weighted by Gasteiger charge is 2.23. The number of nitro groups is 1. The smallest absolute Gasteiger partial charge is 0.293 e. The molecule has 9 heteroatoms. The molecule has 0 bridgehead atoms. The SMILES string of the molecule is CCOc1ccc(NC(=S)NC(=O)c2ccc(N3CCCCC3)c([N+](=O)[O-])c2)cc1. The van der Waals surface area contributed by atoms with Crippen LogP contribution in [0.3, 0.4) is 0 Å². The second kappa shape index (κ2) is 10.0. The summed E-state index contributed by atoms with van der Waals surface area (Å²) in [6, 6.07) is 11.7. The van der Waals surface area contributed by atoms with Crippen LogP contribution in [0, 0.1) is 10.1 Å². The van der Waals surface area contributed by atoms with E-state index in [1.165, 1.54) is 6.07 Å². The highest BCUT2D eigenvalue weighted by Crippen LogP contribution is 2.31. The highest BCUT2D eigenvalue weighted by atomic mass is 32.1. The topological polar surface area (TPSA) is 96.7 Å². The van der Waals surface area contributed by atoms with Gasteiger partial charge in [0, 0.05) is 30.4 Å². The zero-order chi connectivity index (χ0) is 21.5. The second-order valence-electron chi connectivity index (χ2n) is 6.87. The van der Waals surface area contributed by atoms with E-state index in [0.717, 1.165) is 38.1 Å². The van der Waals surface area contributed by atoms with Crippen molar-refractivity contribution in [2.75, 3.05) is 29.9 Å². The van der Waals surface area contributed by atoms with Crippen LogP contribution in [-0.2, 0) is 0 Å². The van der Waals surface area contributed by atoms with E-state index in [2.05, 4.69) is 10.6 Å². The molecule has 2 aromatic carbocycles. The van der Waals surface area contributed by atoms with Gasteiger partial charge in [-0.3, -0.25) is 20.2 Å². The van der Waals surface area contributed by atoms with Crippen molar-refractivity contribution in [2.45, 2.75) is 26.2 Å². The molecule has 8 nitrogen and oxygen atoms in total. The number of piperidine rings is 1. The molecule has 158 valence electrons. The van der Waals surface area contributed by atoms with Crippen LogP contribution in [0.4, 0.5) is 17.1 Å². The third-order valence-corrected chi connectivity index (χ3v) is 4.99. The first kappa shape index (κ1) is 21.5. The highest BCUT2D eigenvalue weighted by molar-refractivity contribution is 7.80. The Hall–Kier alpha value is -3.20. The Morgan fingerprint density at radius 2 is 1.87 bits per heavy atom. The predicted octanol–water partition coefficient (Wildman–Crippen LogP) is 4.11. The van der Waals surface area contributed by atoms with Gasteiger partial charge in [0.05, 0.1) is 11.5 Å². The van der Waals surface area contributed by atoms with Crippen LogP contribution in [0.1, 0.15) is 36.5 Å². The maximum absolute atomic E-state index is 12.6. The van der Waals surface area contributed by atoms with Gasteiger partial charge in [0.15, 0.2) is 5.11 Å². The minimum absolute atomic E-state index is 0.0741. The predicted molar refractivity (Wildman–Crippen MR) is 120 cm³/mol. The number of carbonyl (C=O) groups excluding carboxylic acids is 1. The van der Waals surface area contributed by atoms with Gasteiger partial charge in [-0.05, 0) is 74.8 Å². The van der Waals surface area contributed by atoms with Gasteiger partial charge >= 0.3 is 0 Å². The molecule has 0 atom stereocenters. The minimum atomic E-state index is -0.508. The van der Waals surface area contributed by atoms with Crippen molar-refractivity contribution in [2.24, 2.45) is 0 Å². The molecule has 1 fully saturated rings. The average Bonchev–Trinajstić information content (AvgIpc) is 2.75. The first-order valence-corrected chi connectivity index (χ1v) is 10.3. The lowest BCUT2D eigenvalue weighted by molar-refractivity contribution is -0.384. The summed E-state index contributed by atoms with van der Waals surface area (Å²) in [6.07, 6.45) is 3.14. The number of carbonyl (C=O) groups is 1. The largest absolute Gasteiger partial charge is 0.494 e. The summed E-state index contributed by atoms with van der Waals surface area (Å²) >= 11 is 5.19. The van der Waals surface area contributed by atoms with Gasteiger partial charge in [-0.25, -0.2) is 0 Å². The van der Waals surface area contributed by atoms with Crippen LogP contribution in [-0.4, -0.2) is 35.6 Å². The maximum Gasteiger partial charge on any atom is 0.293 e. The molecule has 0 unspecified atom stereocenters. The summed E-state index contributed by atoms with van der Waals surface area (Å²) in [5.41, 5.74) is 1.34. The first-order valence-electron chi connectivity index (χ1n) is 9.86. The molecule has 0 radical (unpaired) electrons. The Morgan fingerprint density at radius 3 is 2.50 bits per heavy atom. The Morgan fingerprint density at radius 1 is 1.17 bits per heavy atom. The van der Waals surface area contributed by atoms with Crippen molar-refractivity contribution in [3.05, 3.63) is 58.1 Å². The van der Waals surface area contributed by atoms with Crippen molar-refractivity contribution < 1.29 is 14.5 Å². The van der Waals surface area contributed by atoms with Gasteiger partial charge in [-0.2, -0.15) is 0 Å². The van der Waals surface area contributed by atoms with Gasteiger partial charge in [-0.1, -0.05) is 0 Å². The van der Waals surface area contributed by atoms with E-state index >= 15 is 0 Å². The molecule has 0 spiro atoms. The molecule has 2 N–H and O–H groups in total. The minimum Gasteiger partial charge on any atom is -0.494 e. The van der Waals surface area contributed by atoms with Gasteiger partial charge < -0.3 is 15.0 Å². The summed E-state index contributed by atoms with van der Waals surface area (Å²) in [4.78, 5) is 25.7. The van der Waals surface area contributed by atoms with Crippen LogP contribution < -0.4 is 20.3 Å². The number of rotatable bonds is 6. The van der Waals surface area contributed by atoms with E-state index in [0.29, 0.717) is 18.0 Å². The van der Waals surface area contributed by atoms with Crippen LogP contribution >= 0.6 is 12.2 Å². The van der Waals surface area contributed by atoms with Crippen LogP contribution in [0.2, 0.25) is 0 Å². The lowest BCUT2D eigenvalue weighted by Crippen LogP contribution is -2.34. The van der Waals surface area contributed by atoms with E-state index in [9.17, 15) is 14.9 Å². The van der Waals surface area contributed by atoms with Gasteiger partial charge in [0.1, 0.15) is 11.4 Å². The fourth-order valence-electron chi connectivity index (χ4n) is 3.35. The van der Waals surface area contributed by atoms with Crippen molar-refractivity contribution in [1.29, 1.82) is 0 Å². The fourth-order valence-corrected chi connectivity index (χ4v) is 3.56. The third kappa shape index (κ3) is 5.44.